The molecule has 0 saturated carbocycles. The van der Waals surface area contributed by atoms with Gasteiger partial charge in [0, 0.05) is 38.2 Å². The molecule has 1 aliphatic heterocycles. The molecule has 1 aromatic heterocycles. The topological polar surface area (TPSA) is 61.3 Å². The summed E-state index contributed by atoms with van der Waals surface area (Å²) in [6, 6.07) is 1.99. The Morgan fingerprint density at radius 2 is 2.33 bits per heavy atom. The molecule has 1 saturated heterocycles. The lowest BCUT2D eigenvalue weighted by atomic mass is 10.1. The van der Waals surface area contributed by atoms with Gasteiger partial charge in [0.25, 0.3) is 0 Å². The third kappa shape index (κ3) is 3.32. The van der Waals surface area contributed by atoms with E-state index >= 15 is 0 Å². The zero-order chi connectivity index (χ0) is 13.0. The predicted molar refractivity (Wildman–Crippen MR) is 72.8 cm³/mol. The molecular weight excluding hydrogens is 228 g/mol. The predicted octanol–water partition coefficient (Wildman–Crippen LogP) is 1.36. The van der Waals surface area contributed by atoms with Crippen molar-refractivity contribution in [2.45, 2.75) is 20.3 Å². The van der Waals surface area contributed by atoms with Crippen LogP contribution in [0, 0.1) is 11.8 Å². The van der Waals surface area contributed by atoms with Gasteiger partial charge in [-0.3, -0.25) is 0 Å². The fourth-order valence-electron chi connectivity index (χ4n) is 2.12. The van der Waals surface area contributed by atoms with Crippen LogP contribution in [0.4, 0.5) is 11.6 Å². The molecule has 1 unspecified atom stereocenters. The highest BCUT2D eigenvalue weighted by Crippen LogP contribution is 2.22. The Balaban J connectivity index is 1.99. The number of rotatable bonds is 5. The summed E-state index contributed by atoms with van der Waals surface area (Å²) in [6.45, 7) is 7.36. The van der Waals surface area contributed by atoms with Gasteiger partial charge in [-0.05, 0) is 12.3 Å². The average molecular weight is 250 g/mol. The second-order valence-electron chi connectivity index (χ2n) is 5.32. The van der Waals surface area contributed by atoms with E-state index in [9.17, 15) is 0 Å². The van der Waals surface area contributed by atoms with Gasteiger partial charge in [0.2, 0.25) is 0 Å². The molecule has 5 nitrogen and oxygen atoms in total. The Hall–Kier alpha value is -1.36. The first-order chi connectivity index (χ1) is 8.69. The van der Waals surface area contributed by atoms with Gasteiger partial charge < -0.3 is 15.3 Å². The summed E-state index contributed by atoms with van der Waals surface area (Å²) in [5.41, 5.74) is 0. The monoisotopic (exact) mass is 250 g/mol. The molecule has 0 aromatic carbocycles. The Bertz CT molecular complexity index is 383. The quantitative estimate of drug-likeness (QED) is 0.826. The molecule has 0 amide bonds. The van der Waals surface area contributed by atoms with E-state index in [-0.39, 0.29) is 6.61 Å². The molecular formula is C13H22N4O. The minimum Gasteiger partial charge on any atom is -0.396 e. The van der Waals surface area contributed by atoms with Gasteiger partial charge in [-0.2, -0.15) is 0 Å². The Kier molecular flexibility index (Phi) is 4.36. The number of nitrogens with one attached hydrogen (secondary N) is 1. The molecule has 100 valence electrons. The van der Waals surface area contributed by atoms with Gasteiger partial charge in [-0.1, -0.05) is 13.8 Å². The average Bonchev–Trinajstić information content (AvgIpc) is 2.85. The van der Waals surface area contributed by atoms with Gasteiger partial charge in [0.05, 0.1) is 0 Å². The van der Waals surface area contributed by atoms with Crippen molar-refractivity contribution in [2.24, 2.45) is 11.8 Å². The van der Waals surface area contributed by atoms with Crippen LogP contribution in [-0.2, 0) is 0 Å². The number of hydrogen-bond donors (Lipinski definition) is 2. The Morgan fingerprint density at radius 3 is 3.00 bits per heavy atom. The molecule has 0 aliphatic carbocycles. The number of aliphatic hydroxyl groups excluding tert-OH is 1. The van der Waals surface area contributed by atoms with Crippen LogP contribution in [0.1, 0.15) is 20.3 Å². The van der Waals surface area contributed by atoms with Crippen molar-refractivity contribution < 1.29 is 5.11 Å². The van der Waals surface area contributed by atoms with E-state index in [2.05, 4.69) is 34.0 Å². The SMILES string of the molecule is CC(C)CNc1cc(N2CCC(CO)C2)ncn1. The third-order valence-corrected chi connectivity index (χ3v) is 3.21. The zero-order valence-electron chi connectivity index (χ0n) is 11.1. The van der Waals surface area contributed by atoms with Gasteiger partial charge in [-0.15, -0.1) is 0 Å². The van der Waals surface area contributed by atoms with Crippen molar-refractivity contribution in [3.63, 3.8) is 0 Å². The fourth-order valence-corrected chi connectivity index (χ4v) is 2.12. The highest BCUT2D eigenvalue weighted by Gasteiger charge is 2.22. The van der Waals surface area contributed by atoms with Crippen molar-refractivity contribution in [1.82, 2.24) is 9.97 Å². The van der Waals surface area contributed by atoms with Gasteiger partial charge in [0.1, 0.15) is 18.0 Å². The lowest BCUT2D eigenvalue weighted by Gasteiger charge is -2.18. The summed E-state index contributed by atoms with van der Waals surface area (Å²) in [7, 11) is 0. The van der Waals surface area contributed by atoms with Crippen LogP contribution >= 0.6 is 0 Å². The standard InChI is InChI=1S/C13H22N4O/c1-10(2)6-14-12-5-13(16-9-15-12)17-4-3-11(7-17)8-18/h5,9-11,18H,3-4,6-8H2,1-2H3,(H,14,15,16). The van der Waals surface area contributed by atoms with E-state index in [1.807, 2.05) is 6.07 Å². The maximum absolute atomic E-state index is 9.16. The van der Waals surface area contributed by atoms with Crippen molar-refractivity contribution in [1.29, 1.82) is 0 Å². The number of anilines is 2. The molecule has 1 aliphatic rings. The molecule has 0 radical (unpaired) electrons. The normalized spacial score (nSPS) is 19.6. The van der Waals surface area contributed by atoms with Crippen LogP contribution in [0.5, 0.6) is 0 Å². The molecule has 2 rings (SSSR count). The molecule has 0 bridgehead atoms. The molecule has 1 fully saturated rings. The summed E-state index contributed by atoms with van der Waals surface area (Å²) in [6.07, 6.45) is 2.64. The Morgan fingerprint density at radius 1 is 1.50 bits per heavy atom. The van der Waals surface area contributed by atoms with Crippen molar-refractivity contribution in [2.75, 3.05) is 36.5 Å². The first kappa shape index (κ1) is 13.1. The summed E-state index contributed by atoms with van der Waals surface area (Å²) in [5.74, 6) is 2.80. The maximum Gasteiger partial charge on any atom is 0.134 e. The third-order valence-electron chi connectivity index (χ3n) is 3.21. The number of aromatic nitrogens is 2. The minimum absolute atomic E-state index is 0.264. The lowest BCUT2D eigenvalue weighted by Crippen LogP contribution is -2.22. The first-order valence-corrected chi connectivity index (χ1v) is 6.60. The van der Waals surface area contributed by atoms with E-state index in [0.717, 1.165) is 37.7 Å². The molecule has 1 atom stereocenters. The molecule has 5 heteroatoms. The highest BCUT2D eigenvalue weighted by atomic mass is 16.3. The van der Waals surface area contributed by atoms with Crippen LogP contribution in [0.25, 0.3) is 0 Å². The van der Waals surface area contributed by atoms with Crippen molar-refractivity contribution in [3.05, 3.63) is 12.4 Å². The number of nitrogens with zero attached hydrogens (tertiary/aromatic N) is 3. The number of aliphatic hydroxyl groups is 1. The van der Waals surface area contributed by atoms with Crippen LogP contribution in [-0.4, -0.2) is 41.3 Å². The summed E-state index contributed by atoms with van der Waals surface area (Å²) in [4.78, 5) is 10.7. The van der Waals surface area contributed by atoms with Crippen molar-refractivity contribution >= 4 is 11.6 Å². The van der Waals surface area contributed by atoms with E-state index in [4.69, 9.17) is 5.11 Å². The second-order valence-corrected chi connectivity index (χ2v) is 5.32. The molecule has 1 aromatic rings. The van der Waals surface area contributed by atoms with E-state index in [0.29, 0.717) is 11.8 Å². The summed E-state index contributed by atoms with van der Waals surface area (Å²) >= 11 is 0. The molecule has 18 heavy (non-hydrogen) atoms. The van der Waals surface area contributed by atoms with Crippen LogP contribution in [0.15, 0.2) is 12.4 Å². The summed E-state index contributed by atoms with van der Waals surface area (Å²) in [5, 5.41) is 12.5. The van der Waals surface area contributed by atoms with Gasteiger partial charge in [-0.25, -0.2) is 9.97 Å². The Labute approximate surface area is 108 Å². The molecule has 0 spiro atoms. The number of hydrogen-bond acceptors (Lipinski definition) is 5. The van der Waals surface area contributed by atoms with Gasteiger partial charge >= 0.3 is 0 Å². The highest BCUT2D eigenvalue weighted by molar-refractivity contribution is 5.49. The molecule has 2 N–H and O–H groups in total. The fraction of sp³-hybridized carbons (Fsp3) is 0.692. The maximum atomic E-state index is 9.16. The van der Waals surface area contributed by atoms with Crippen LogP contribution in [0.2, 0.25) is 0 Å². The first-order valence-electron chi connectivity index (χ1n) is 6.60. The van der Waals surface area contributed by atoms with E-state index in [1.54, 1.807) is 6.33 Å². The minimum atomic E-state index is 0.264. The molecule has 2 heterocycles. The summed E-state index contributed by atoms with van der Waals surface area (Å²) < 4.78 is 0. The van der Waals surface area contributed by atoms with Crippen molar-refractivity contribution in [3.8, 4) is 0 Å². The smallest absolute Gasteiger partial charge is 0.134 e. The zero-order valence-corrected chi connectivity index (χ0v) is 11.1. The van der Waals surface area contributed by atoms with Gasteiger partial charge in [0.15, 0.2) is 0 Å². The van der Waals surface area contributed by atoms with Crippen LogP contribution < -0.4 is 10.2 Å². The van der Waals surface area contributed by atoms with Crippen LogP contribution in [0.3, 0.4) is 0 Å². The second kappa shape index (κ2) is 6.00. The van der Waals surface area contributed by atoms with E-state index in [1.165, 1.54) is 0 Å². The lowest BCUT2D eigenvalue weighted by molar-refractivity contribution is 0.238. The van der Waals surface area contributed by atoms with E-state index < -0.39 is 0 Å². The largest absolute Gasteiger partial charge is 0.396 e.